The maximum absolute atomic E-state index is 10.5. The summed E-state index contributed by atoms with van der Waals surface area (Å²) >= 11 is 0. The molecule has 2 bridgehead atoms. The maximum atomic E-state index is 10.5. The lowest BCUT2D eigenvalue weighted by Gasteiger charge is -2.22. The summed E-state index contributed by atoms with van der Waals surface area (Å²) in [7, 11) is 0. The van der Waals surface area contributed by atoms with Gasteiger partial charge in [-0.25, -0.2) is 0 Å². The van der Waals surface area contributed by atoms with Crippen LogP contribution in [0.5, 0.6) is 0 Å². The fraction of sp³-hybridized carbons (Fsp3) is 0.600. The summed E-state index contributed by atoms with van der Waals surface area (Å²) in [5.74, 6) is 2.11. The van der Waals surface area contributed by atoms with E-state index < -0.39 is 5.60 Å². The molecule has 0 aromatic carbocycles. The van der Waals surface area contributed by atoms with E-state index in [4.69, 9.17) is 4.42 Å². The van der Waals surface area contributed by atoms with Gasteiger partial charge in [0.05, 0.1) is 11.9 Å². The van der Waals surface area contributed by atoms with Crippen LogP contribution in [0, 0.1) is 11.8 Å². The van der Waals surface area contributed by atoms with Gasteiger partial charge in [0, 0.05) is 6.42 Å². The molecule has 2 nitrogen and oxygen atoms in total. The molecule has 2 heteroatoms. The summed E-state index contributed by atoms with van der Waals surface area (Å²) in [5, 5.41) is 10.5. The lowest BCUT2D eigenvalue weighted by Crippen LogP contribution is -2.21. The first-order chi connectivity index (χ1) is 10.4. The molecule has 1 aromatic heterocycles. The average molecular weight is 302 g/mol. The summed E-state index contributed by atoms with van der Waals surface area (Å²) in [6.07, 6.45) is 13.0. The van der Waals surface area contributed by atoms with E-state index in [9.17, 15) is 5.11 Å². The summed E-state index contributed by atoms with van der Waals surface area (Å²) in [4.78, 5) is 0. The van der Waals surface area contributed by atoms with Crippen LogP contribution in [0.4, 0.5) is 0 Å². The Labute approximate surface area is 134 Å². The van der Waals surface area contributed by atoms with Crippen molar-refractivity contribution in [3.63, 3.8) is 0 Å². The molecule has 1 heterocycles. The minimum absolute atomic E-state index is 0.491. The first kappa shape index (κ1) is 17.1. The third kappa shape index (κ3) is 5.17. The van der Waals surface area contributed by atoms with E-state index in [0.29, 0.717) is 11.8 Å². The van der Waals surface area contributed by atoms with Crippen LogP contribution < -0.4 is 0 Å². The van der Waals surface area contributed by atoms with Crippen LogP contribution >= 0.6 is 0 Å². The number of hydrogen-bond donors (Lipinski definition) is 1. The monoisotopic (exact) mass is 302 g/mol. The molecule has 0 saturated carbocycles. The molecule has 2 atom stereocenters. The van der Waals surface area contributed by atoms with E-state index in [1.807, 2.05) is 19.3 Å². The number of furan rings is 1. The second-order valence-electron chi connectivity index (χ2n) is 7.35. The van der Waals surface area contributed by atoms with E-state index >= 15 is 0 Å². The fourth-order valence-electron chi connectivity index (χ4n) is 3.01. The largest absolute Gasteiger partial charge is 0.469 e. The van der Waals surface area contributed by atoms with Crippen LogP contribution in [0.15, 0.2) is 40.5 Å². The van der Waals surface area contributed by atoms with Crippen molar-refractivity contribution in [2.24, 2.45) is 11.8 Å². The molecule has 0 amide bonds. The van der Waals surface area contributed by atoms with Crippen molar-refractivity contribution in [3.8, 4) is 0 Å². The Morgan fingerprint density at radius 3 is 2.86 bits per heavy atom. The van der Waals surface area contributed by atoms with Crippen LogP contribution in [-0.2, 0) is 12.8 Å². The van der Waals surface area contributed by atoms with Crippen molar-refractivity contribution in [1.29, 1.82) is 0 Å². The van der Waals surface area contributed by atoms with Crippen LogP contribution in [0.2, 0.25) is 0 Å². The normalized spacial score (nSPS) is 29.0. The number of aliphatic hydroxyl groups is 1. The van der Waals surface area contributed by atoms with Crippen molar-refractivity contribution >= 4 is 0 Å². The molecular weight excluding hydrogens is 272 g/mol. The molecule has 0 saturated heterocycles. The Bertz CT molecular complexity index is 532. The smallest absolute Gasteiger partial charge is 0.108 e. The van der Waals surface area contributed by atoms with Gasteiger partial charge in [0.2, 0.25) is 0 Å². The van der Waals surface area contributed by atoms with Crippen molar-refractivity contribution in [3.05, 3.63) is 47.5 Å². The quantitative estimate of drug-likeness (QED) is 0.734. The highest BCUT2D eigenvalue weighted by atomic mass is 16.3. The van der Waals surface area contributed by atoms with Crippen molar-refractivity contribution in [2.45, 2.75) is 65.4 Å². The van der Waals surface area contributed by atoms with Crippen molar-refractivity contribution < 1.29 is 9.52 Å². The van der Waals surface area contributed by atoms with Crippen LogP contribution in [0.3, 0.4) is 0 Å². The molecular formula is C20H30O2. The maximum Gasteiger partial charge on any atom is 0.108 e. The summed E-state index contributed by atoms with van der Waals surface area (Å²) in [6, 6.07) is 2.19. The summed E-state index contributed by atoms with van der Waals surface area (Å²) in [5.41, 5.74) is 1.87. The number of rotatable bonds is 1. The predicted molar refractivity (Wildman–Crippen MR) is 91.8 cm³/mol. The van der Waals surface area contributed by atoms with Gasteiger partial charge in [-0.1, -0.05) is 37.6 Å². The van der Waals surface area contributed by atoms with E-state index in [1.165, 1.54) is 11.1 Å². The molecule has 1 aliphatic rings. The Morgan fingerprint density at radius 2 is 2.14 bits per heavy atom. The molecule has 0 spiro atoms. The zero-order valence-corrected chi connectivity index (χ0v) is 14.4. The Hall–Kier alpha value is -1.28. The minimum Gasteiger partial charge on any atom is -0.469 e. The molecule has 1 aromatic rings. The molecule has 0 aliphatic heterocycles. The van der Waals surface area contributed by atoms with E-state index in [0.717, 1.165) is 37.9 Å². The van der Waals surface area contributed by atoms with Crippen LogP contribution in [-0.4, -0.2) is 10.7 Å². The first-order valence-corrected chi connectivity index (χ1v) is 8.49. The van der Waals surface area contributed by atoms with Gasteiger partial charge >= 0.3 is 0 Å². The summed E-state index contributed by atoms with van der Waals surface area (Å²) in [6.45, 7) is 8.54. The zero-order valence-electron chi connectivity index (χ0n) is 14.4. The predicted octanol–water partition coefficient (Wildman–Crippen LogP) is 5.07. The van der Waals surface area contributed by atoms with E-state index in [1.54, 1.807) is 0 Å². The Morgan fingerprint density at radius 1 is 1.36 bits per heavy atom. The summed E-state index contributed by atoms with van der Waals surface area (Å²) < 4.78 is 5.69. The van der Waals surface area contributed by atoms with E-state index in [2.05, 4.69) is 39.0 Å². The van der Waals surface area contributed by atoms with Crippen LogP contribution in [0.25, 0.3) is 0 Å². The molecule has 0 fully saturated rings. The van der Waals surface area contributed by atoms with Gasteiger partial charge in [0.15, 0.2) is 0 Å². The number of hydrogen-bond acceptors (Lipinski definition) is 2. The van der Waals surface area contributed by atoms with Crippen molar-refractivity contribution in [1.82, 2.24) is 0 Å². The molecule has 0 unspecified atom stereocenters. The third-order valence-electron chi connectivity index (χ3n) is 4.63. The molecule has 0 radical (unpaired) electrons. The molecule has 1 aliphatic carbocycles. The van der Waals surface area contributed by atoms with Crippen molar-refractivity contribution in [2.75, 3.05) is 0 Å². The van der Waals surface area contributed by atoms with Gasteiger partial charge < -0.3 is 9.52 Å². The highest BCUT2D eigenvalue weighted by Gasteiger charge is 2.18. The van der Waals surface area contributed by atoms with Crippen LogP contribution in [0.1, 0.15) is 58.3 Å². The van der Waals surface area contributed by atoms with Gasteiger partial charge in [-0.3, -0.25) is 0 Å². The average Bonchev–Trinajstić information content (AvgIpc) is 2.84. The molecule has 122 valence electrons. The van der Waals surface area contributed by atoms with E-state index in [-0.39, 0.29) is 0 Å². The second kappa shape index (κ2) is 7.32. The number of aryl methyl sites for hydroxylation is 1. The van der Waals surface area contributed by atoms with Gasteiger partial charge in [-0.2, -0.15) is 0 Å². The van der Waals surface area contributed by atoms with Gasteiger partial charge in [-0.15, -0.1) is 0 Å². The lowest BCUT2D eigenvalue weighted by molar-refractivity contribution is 0.102. The Balaban J connectivity index is 2.21. The Kier molecular flexibility index (Phi) is 5.69. The van der Waals surface area contributed by atoms with Gasteiger partial charge in [0.25, 0.3) is 0 Å². The highest BCUT2D eigenvalue weighted by Crippen LogP contribution is 2.25. The molecule has 22 heavy (non-hydrogen) atoms. The minimum atomic E-state index is -0.720. The third-order valence-corrected chi connectivity index (χ3v) is 4.63. The topological polar surface area (TPSA) is 33.4 Å². The lowest BCUT2D eigenvalue weighted by atomic mass is 9.87. The number of fused-ring (bicyclic) bond motifs is 2. The molecule has 1 N–H and O–H groups in total. The van der Waals surface area contributed by atoms with Gasteiger partial charge in [0.1, 0.15) is 5.76 Å². The first-order valence-electron chi connectivity index (χ1n) is 8.49. The number of allylic oxidation sites excluding steroid dienone is 3. The highest BCUT2D eigenvalue weighted by molar-refractivity contribution is 5.18. The zero-order chi connectivity index (χ0) is 16.2. The standard InChI is InChI=1S/C20H30O2/c1-15(2)18-8-7-17-13-19(22-14-17)12-16(3)6-5-10-20(4,21)11-9-18/h6,9,11,13-15,18,21H,5,7-8,10,12H2,1-4H3/b11-9+,16-6?/t18-,20+/m1/s1. The van der Waals surface area contributed by atoms with Gasteiger partial charge in [-0.05, 0) is 63.0 Å². The second-order valence-corrected chi connectivity index (χ2v) is 7.35. The SMILES string of the molecule is CC1=CCC[C@](C)(O)/C=C/[C@H](C(C)C)CCc2coc(c2)C1. The molecule has 2 rings (SSSR count). The fourth-order valence-corrected chi connectivity index (χ4v) is 3.01.